The fourth-order valence-corrected chi connectivity index (χ4v) is 7.90. The Hall–Kier alpha value is -2.86. The summed E-state index contributed by atoms with van der Waals surface area (Å²) in [5.41, 5.74) is 10.8. The normalized spacial score (nSPS) is 15.9. The molecule has 5 rings (SSSR count). The number of carbonyl (C=O) groups excluding carboxylic acids is 2. The average Bonchev–Trinajstić information content (AvgIpc) is 3.13. The number of nitrogens with zero attached hydrogens (tertiary/aromatic N) is 3. The summed E-state index contributed by atoms with van der Waals surface area (Å²) in [6.07, 6.45) is 7.21. The Morgan fingerprint density at radius 3 is 2.29 bits per heavy atom. The molecule has 0 radical (unpaired) electrons. The lowest BCUT2D eigenvalue weighted by Gasteiger charge is -2.34. The van der Waals surface area contributed by atoms with Crippen LogP contribution in [0.3, 0.4) is 0 Å². The van der Waals surface area contributed by atoms with Gasteiger partial charge in [-0.25, -0.2) is 4.79 Å². The number of anilines is 3. The zero-order valence-corrected chi connectivity index (χ0v) is 32.6. The van der Waals surface area contributed by atoms with Gasteiger partial charge in [-0.3, -0.25) is 14.6 Å². The van der Waals surface area contributed by atoms with E-state index in [1.54, 1.807) is 24.3 Å². The van der Waals surface area contributed by atoms with E-state index in [0.717, 1.165) is 73.5 Å². The predicted octanol–water partition coefficient (Wildman–Crippen LogP) is 8.19. The lowest BCUT2D eigenvalue weighted by atomic mass is 9.93. The molecule has 9 nitrogen and oxygen atoms in total. The number of piperazine rings is 1. The number of benzene rings is 3. The molecule has 0 spiro atoms. The number of rotatable bonds is 16. The topological polar surface area (TPSA) is 100 Å². The van der Waals surface area contributed by atoms with Gasteiger partial charge in [0.2, 0.25) is 0 Å². The lowest BCUT2D eigenvalue weighted by Crippen LogP contribution is -2.47. The second kappa shape index (κ2) is 19.8. The van der Waals surface area contributed by atoms with Crippen molar-refractivity contribution in [3.8, 4) is 0 Å². The third-order valence-electron chi connectivity index (χ3n) is 9.88. The SMILES string of the molecule is CCN(Cc1cc(C(=O)OCCCN2CCN(CCOC(=O)Cc3ccccc3Nc3c(Cl)cccc3Cl)CC2)cc(Br)c1N)C1CCCCC1. The molecule has 2 fully saturated rings. The van der Waals surface area contributed by atoms with Crippen molar-refractivity contribution in [3.63, 3.8) is 0 Å². The van der Waals surface area contributed by atoms with Crippen molar-refractivity contribution in [1.82, 2.24) is 14.7 Å². The fourth-order valence-electron chi connectivity index (χ4n) is 6.90. The van der Waals surface area contributed by atoms with Crippen LogP contribution in [-0.2, 0) is 27.2 Å². The monoisotopic (exact) mass is 801 g/mol. The number of hydrogen-bond donors (Lipinski definition) is 2. The van der Waals surface area contributed by atoms with Gasteiger partial charge >= 0.3 is 11.9 Å². The van der Waals surface area contributed by atoms with Crippen molar-refractivity contribution in [3.05, 3.63) is 85.8 Å². The van der Waals surface area contributed by atoms with Gasteiger partial charge in [0.1, 0.15) is 6.61 Å². The Morgan fingerprint density at radius 1 is 0.902 bits per heavy atom. The summed E-state index contributed by atoms with van der Waals surface area (Å²) in [6.45, 7) is 9.71. The van der Waals surface area contributed by atoms with E-state index in [-0.39, 0.29) is 18.4 Å². The summed E-state index contributed by atoms with van der Waals surface area (Å²) < 4.78 is 12.0. The Labute approximate surface area is 320 Å². The van der Waals surface area contributed by atoms with Gasteiger partial charge in [-0.15, -0.1) is 0 Å². The number of ether oxygens (including phenoxy) is 2. The molecule has 1 saturated heterocycles. The molecule has 3 aromatic carbocycles. The number of esters is 2. The van der Waals surface area contributed by atoms with Gasteiger partial charge in [-0.1, -0.05) is 73.7 Å². The molecule has 276 valence electrons. The van der Waals surface area contributed by atoms with E-state index in [4.69, 9.17) is 38.4 Å². The Kier molecular flexibility index (Phi) is 15.3. The second-order valence-corrected chi connectivity index (χ2v) is 15.0. The fraction of sp³-hybridized carbons (Fsp3) is 0.487. The highest BCUT2D eigenvalue weighted by Crippen LogP contribution is 2.34. The first-order valence-corrected chi connectivity index (χ1v) is 19.6. The molecule has 0 atom stereocenters. The molecule has 1 aliphatic carbocycles. The Morgan fingerprint density at radius 2 is 1.59 bits per heavy atom. The first-order valence-electron chi connectivity index (χ1n) is 18.1. The number of nitrogen functional groups attached to an aromatic ring is 1. The van der Waals surface area contributed by atoms with E-state index in [9.17, 15) is 9.59 Å². The van der Waals surface area contributed by atoms with Crippen molar-refractivity contribution in [2.45, 2.75) is 64.5 Å². The van der Waals surface area contributed by atoms with Crippen molar-refractivity contribution >= 4 is 68.1 Å². The highest BCUT2D eigenvalue weighted by atomic mass is 79.9. The van der Waals surface area contributed by atoms with E-state index < -0.39 is 0 Å². The van der Waals surface area contributed by atoms with Crippen LogP contribution >= 0.6 is 39.1 Å². The zero-order chi connectivity index (χ0) is 36.2. The maximum absolute atomic E-state index is 13.0. The number of nitrogens with one attached hydrogen (secondary N) is 1. The molecule has 51 heavy (non-hydrogen) atoms. The zero-order valence-electron chi connectivity index (χ0n) is 29.5. The van der Waals surface area contributed by atoms with Crippen LogP contribution in [0.5, 0.6) is 0 Å². The summed E-state index contributed by atoms with van der Waals surface area (Å²) in [7, 11) is 0. The van der Waals surface area contributed by atoms with Gasteiger partial charge in [0.25, 0.3) is 0 Å². The van der Waals surface area contributed by atoms with Crippen molar-refractivity contribution in [2.75, 3.05) is 70.1 Å². The third-order valence-corrected chi connectivity index (χ3v) is 11.2. The van der Waals surface area contributed by atoms with Crippen LogP contribution in [0, 0.1) is 0 Å². The van der Waals surface area contributed by atoms with E-state index in [1.807, 2.05) is 30.3 Å². The lowest BCUT2D eigenvalue weighted by molar-refractivity contribution is -0.143. The molecule has 1 heterocycles. The third kappa shape index (κ3) is 11.6. The molecule has 0 unspecified atom stereocenters. The summed E-state index contributed by atoms with van der Waals surface area (Å²) in [5, 5.41) is 4.27. The standard InChI is InChI=1S/C39H50BrCl2N5O4/c1-2-47(31-11-4-3-5-12-31)27-30-24-29(25-32(40)37(30)43)39(49)51-22-9-16-45-17-19-46(20-18-45)21-23-50-36(48)26-28-10-6-7-15-35(28)44-38-33(41)13-8-14-34(38)42/h6-8,10,13-15,24-25,31,44H,2-5,9,11-12,16-23,26-27,43H2,1H3. The van der Waals surface area contributed by atoms with Crippen LogP contribution in [0.2, 0.25) is 10.0 Å². The van der Waals surface area contributed by atoms with Crippen molar-refractivity contribution < 1.29 is 19.1 Å². The number of carbonyl (C=O) groups is 2. The van der Waals surface area contributed by atoms with Gasteiger partial charge < -0.3 is 25.4 Å². The van der Waals surface area contributed by atoms with Crippen molar-refractivity contribution in [1.29, 1.82) is 0 Å². The van der Waals surface area contributed by atoms with Gasteiger partial charge in [-0.2, -0.15) is 0 Å². The van der Waals surface area contributed by atoms with Crippen LogP contribution in [-0.4, -0.2) is 91.7 Å². The molecule has 1 saturated carbocycles. The molecule has 3 N–H and O–H groups in total. The van der Waals surface area contributed by atoms with Gasteiger partial charge in [0.15, 0.2) is 0 Å². The minimum atomic E-state index is -0.318. The van der Waals surface area contributed by atoms with Crippen LogP contribution in [0.1, 0.15) is 66.9 Å². The average molecular weight is 804 g/mol. The highest BCUT2D eigenvalue weighted by molar-refractivity contribution is 9.10. The summed E-state index contributed by atoms with van der Waals surface area (Å²) in [4.78, 5) is 32.9. The summed E-state index contributed by atoms with van der Waals surface area (Å²) >= 11 is 16.2. The highest BCUT2D eigenvalue weighted by Gasteiger charge is 2.23. The molecule has 3 aromatic rings. The number of nitrogens with two attached hydrogens (primary N) is 1. The quantitative estimate of drug-likeness (QED) is 0.0844. The minimum Gasteiger partial charge on any atom is -0.464 e. The molecule has 2 aliphatic rings. The molecule has 0 aromatic heterocycles. The van der Waals surface area contributed by atoms with Crippen LogP contribution in [0.4, 0.5) is 17.1 Å². The van der Waals surface area contributed by atoms with E-state index in [1.165, 1.54) is 32.1 Å². The molecule has 0 amide bonds. The van der Waals surface area contributed by atoms with Gasteiger partial charge in [0.05, 0.1) is 40.0 Å². The van der Waals surface area contributed by atoms with Crippen LogP contribution in [0.25, 0.3) is 0 Å². The number of para-hydroxylation sites is 2. The molecule has 0 bridgehead atoms. The molecule has 1 aliphatic heterocycles. The van der Waals surface area contributed by atoms with Crippen LogP contribution in [0.15, 0.2) is 59.1 Å². The van der Waals surface area contributed by atoms with Crippen LogP contribution < -0.4 is 11.1 Å². The Balaban J connectivity index is 0.983. The maximum Gasteiger partial charge on any atom is 0.338 e. The molecular weight excluding hydrogens is 753 g/mol. The second-order valence-electron chi connectivity index (χ2n) is 13.3. The molecule has 12 heteroatoms. The number of halogens is 3. The van der Waals surface area contributed by atoms with E-state index in [0.29, 0.717) is 52.8 Å². The van der Waals surface area contributed by atoms with Gasteiger partial charge in [0, 0.05) is 62.0 Å². The van der Waals surface area contributed by atoms with E-state index in [2.05, 4.69) is 42.9 Å². The largest absolute Gasteiger partial charge is 0.464 e. The van der Waals surface area contributed by atoms with Gasteiger partial charge in [-0.05, 0) is 83.2 Å². The molecular formula is C39H50BrCl2N5O4. The summed E-state index contributed by atoms with van der Waals surface area (Å²) in [5.74, 6) is -0.602. The first-order chi connectivity index (χ1) is 24.7. The summed E-state index contributed by atoms with van der Waals surface area (Å²) in [6, 6.07) is 17.1. The van der Waals surface area contributed by atoms with Crippen molar-refractivity contribution in [2.24, 2.45) is 0 Å². The number of hydrogen-bond acceptors (Lipinski definition) is 9. The predicted molar refractivity (Wildman–Crippen MR) is 210 cm³/mol. The smallest absolute Gasteiger partial charge is 0.338 e. The minimum absolute atomic E-state index is 0.137. The first kappa shape index (κ1) is 39.3. The van der Waals surface area contributed by atoms with E-state index >= 15 is 0 Å². The Bertz CT molecular complexity index is 1590. The maximum atomic E-state index is 13.0.